The average Bonchev–Trinajstić information content (AvgIpc) is 2.78. The lowest BCUT2D eigenvalue weighted by Crippen LogP contribution is -2.22. The third kappa shape index (κ3) is 3.27. The summed E-state index contributed by atoms with van der Waals surface area (Å²) in [6.45, 7) is 8.56. The second kappa shape index (κ2) is 5.61. The highest BCUT2D eigenvalue weighted by Gasteiger charge is 2.24. The predicted octanol–water partition coefficient (Wildman–Crippen LogP) is 2.02. The molecule has 0 aliphatic carbocycles. The fourth-order valence-electron chi connectivity index (χ4n) is 2.51. The second-order valence-corrected chi connectivity index (χ2v) is 5.35. The lowest BCUT2D eigenvalue weighted by Gasteiger charge is -2.17. The van der Waals surface area contributed by atoms with Crippen molar-refractivity contribution in [3.05, 3.63) is 29.6 Å². The third-order valence-corrected chi connectivity index (χ3v) is 3.71. The normalized spacial score (nSPS) is 21.3. The number of nitrogens with two attached hydrogens (primary N) is 1. The molecule has 2 N–H and O–H groups in total. The van der Waals surface area contributed by atoms with Crippen molar-refractivity contribution in [1.82, 2.24) is 9.88 Å². The summed E-state index contributed by atoms with van der Waals surface area (Å²) in [5.74, 6) is 1.65. The highest BCUT2D eigenvalue weighted by atomic mass is 15.2. The first-order chi connectivity index (χ1) is 8.19. The van der Waals surface area contributed by atoms with E-state index in [0.29, 0.717) is 6.54 Å². The Balaban J connectivity index is 1.93. The maximum Gasteiger partial charge on any atom is 0.0547 e. The zero-order valence-corrected chi connectivity index (χ0v) is 10.9. The van der Waals surface area contributed by atoms with Crippen molar-refractivity contribution in [3.8, 4) is 0 Å². The molecule has 0 radical (unpaired) electrons. The Bertz CT molecular complexity index is 362. The van der Waals surface area contributed by atoms with Gasteiger partial charge in [-0.05, 0) is 36.9 Å². The number of likely N-dealkylation sites (tertiary alicyclic amines) is 1. The SMILES string of the molecule is CC(C)C1CCN(Cc2cccc(CN)n2)C1. The van der Waals surface area contributed by atoms with E-state index in [1.165, 1.54) is 19.5 Å². The number of hydrogen-bond donors (Lipinski definition) is 1. The molecule has 1 atom stereocenters. The maximum absolute atomic E-state index is 5.61. The largest absolute Gasteiger partial charge is 0.325 e. The molecule has 1 saturated heterocycles. The summed E-state index contributed by atoms with van der Waals surface area (Å²) in [6.07, 6.45) is 1.33. The van der Waals surface area contributed by atoms with Crippen LogP contribution in [0, 0.1) is 11.8 Å². The van der Waals surface area contributed by atoms with Crippen LogP contribution in [0.25, 0.3) is 0 Å². The highest BCUT2D eigenvalue weighted by molar-refractivity contribution is 5.11. The number of rotatable bonds is 4. The molecule has 0 aromatic carbocycles. The van der Waals surface area contributed by atoms with Crippen LogP contribution in [0.15, 0.2) is 18.2 Å². The summed E-state index contributed by atoms with van der Waals surface area (Å²) < 4.78 is 0. The van der Waals surface area contributed by atoms with Gasteiger partial charge in [-0.1, -0.05) is 19.9 Å². The first-order valence-corrected chi connectivity index (χ1v) is 6.56. The molecular weight excluding hydrogens is 210 g/mol. The third-order valence-electron chi connectivity index (χ3n) is 3.71. The van der Waals surface area contributed by atoms with E-state index in [1.807, 2.05) is 6.07 Å². The van der Waals surface area contributed by atoms with Crippen molar-refractivity contribution in [2.75, 3.05) is 13.1 Å². The van der Waals surface area contributed by atoms with Crippen molar-refractivity contribution in [2.24, 2.45) is 17.6 Å². The van der Waals surface area contributed by atoms with E-state index >= 15 is 0 Å². The summed E-state index contributed by atoms with van der Waals surface area (Å²) in [6, 6.07) is 6.15. The Hall–Kier alpha value is -0.930. The number of hydrogen-bond acceptors (Lipinski definition) is 3. The molecule has 94 valence electrons. The Morgan fingerprint density at radius 1 is 1.41 bits per heavy atom. The van der Waals surface area contributed by atoms with Crippen LogP contribution in [-0.2, 0) is 13.1 Å². The quantitative estimate of drug-likeness (QED) is 0.865. The van der Waals surface area contributed by atoms with Gasteiger partial charge in [0.25, 0.3) is 0 Å². The molecule has 17 heavy (non-hydrogen) atoms. The van der Waals surface area contributed by atoms with Gasteiger partial charge in [-0.2, -0.15) is 0 Å². The van der Waals surface area contributed by atoms with E-state index in [4.69, 9.17) is 5.73 Å². The summed E-state index contributed by atoms with van der Waals surface area (Å²) in [7, 11) is 0. The Kier molecular flexibility index (Phi) is 4.13. The minimum atomic E-state index is 0.530. The Morgan fingerprint density at radius 3 is 2.82 bits per heavy atom. The smallest absolute Gasteiger partial charge is 0.0547 e. The topological polar surface area (TPSA) is 42.1 Å². The summed E-state index contributed by atoms with van der Waals surface area (Å²) in [5.41, 5.74) is 7.75. The van der Waals surface area contributed by atoms with Crippen LogP contribution < -0.4 is 5.73 Å². The minimum Gasteiger partial charge on any atom is -0.325 e. The van der Waals surface area contributed by atoms with Crippen LogP contribution in [0.4, 0.5) is 0 Å². The fraction of sp³-hybridized carbons (Fsp3) is 0.643. The average molecular weight is 233 g/mol. The Morgan fingerprint density at radius 2 is 2.18 bits per heavy atom. The summed E-state index contributed by atoms with van der Waals surface area (Å²) >= 11 is 0. The van der Waals surface area contributed by atoms with Gasteiger partial charge in [0.05, 0.1) is 11.4 Å². The molecule has 1 aliphatic heterocycles. The van der Waals surface area contributed by atoms with Gasteiger partial charge in [-0.3, -0.25) is 9.88 Å². The van der Waals surface area contributed by atoms with Crippen molar-refractivity contribution < 1.29 is 0 Å². The van der Waals surface area contributed by atoms with Crippen LogP contribution in [0.5, 0.6) is 0 Å². The van der Waals surface area contributed by atoms with Gasteiger partial charge < -0.3 is 5.73 Å². The lowest BCUT2D eigenvalue weighted by molar-refractivity contribution is 0.293. The monoisotopic (exact) mass is 233 g/mol. The molecule has 1 aromatic rings. The second-order valence-electron chi connectivity index (χ2n) is 5.35. The van der Waals surface area contributed by atoms with Gasteiger partial charge in [-0.25, -0.2) is 0 Å². The van der Waals surface area contributed by atoms with Crippen LogP contribution in [-0.4, -0.2) is 23.0 Å². The van der Waals surface area contributed by atoms with Crippen LogP contribution in [0.3, 0.4) is 0 Å². The molecule has 2 rings (SSSR count). The van der Waals surface area contributed by atoms with E-state index in [9.17, 15) is 0 Å². The molecule has 1 aliphatic rings. The molecule has 0 spiro atoms. The summed E-state index contributed by atoms with van der Waals surface area (Å²) in [4.78, 5) is 7.07. The lowest BCUT2D eigenvalue weighted by atomic mass is 9.95. The first kappa shape index (κ1) is 12.5. The van der Waals surface area contributed by atoms with E-state index in [-0.39, 0.29) is 0 Å². The van der Waals surface area contributed by atoms with Gasteiger partial charge in [-0.15, -0.1) is 0 Å². The molecule has 3 nitrogen and oxygen atoms in total. The predicted molar refractivity (Wildman–Crippen MR) is 70.4 cm³/mol. The number of nitrogens with zero attached hydrogens (tertiary/aromatic N) is 2. The van der Waals surface area contributed by atoms with Gasteiger partial charge in [0.1, 0.15) is 0 Å². The molecule has 0 amide bonds. The standard InChI is InChI=1S/C14H23N3/c1-11(2)12-6-7-17(9-12)10-14-5-3-4-13(8-15)16-14/h3-5,11-12H,6-10,15H2,1-2H3. The molecule has 1 fully saturated rings. The van der Waals surface area contributed by atoms with Gasteiger partial charge >= 0.3 is 0 Å². The fourth-order valence-corrected chi connectivity index (χ4v) is 2.51. The molecule has 2 heterocycles. The van der Waals surface area contributed by atoms with Crippen LogP contribution >= 0.6 is 0 Å². The van der Waals surface area contributed by atoms with Gasteiger partial charge in [0.15, 0.2) is 0 Å². The van der Waals surface area contributed by atoms with E-state index in [2.05, 4.69) is 35.9 Å². The molecule has 1 aromatic heterocycles. The van der Waals surface area contributed by atoms with E-state index in [0.717, 1.165) is 29.8 Å². The van der Waals surface area contributed by atoms with E-state index < -0.39 is 0 Å². The maximum atomic E-state index is 5.61. The van der Waals surface area contributed by atoms with Crippen molar-refractivity contribution in [1.29, 1.82) is 0 Å². The molecule has 0 bridgehead atoms. The molecular formula is C14H23N3. The number of pyridine rings is 1. The van der Waals surface area contributed by atoms with Gasteiger partial charge in [0, 0.05) is 19.6 Å². The van der Waals surface area contributed by atoms with Crippen molar-refractivity contribution >= 4 is 0 Å². The van der Waals surface area contributed by atoms with Gasteiger partial charge in [0.2, 0.25) is 0 Å². The van der Waals surface area contributed by atoms with Crippen molar-refractivity contribution in [2.45, 2.75) is 33.4 Å². The summed E-state index contributed by atoms with van der Waals surface area (Å²) in [5, 5.41) is 0. The van der Waals surface area contributed by atoms with E-state index in [1.54, 1.807) is 0 Å². The highest BCUT2D eigenvalue weighted by Crippen LogP contribution is 2.24. The van der Waals surface area contributed by atoms with Crippen molar-refractivity contribution in [3.63, 3.8) is 0 Å². The van der Waals surface area contributed by atoms with Crippen LogP contribution in [0.1, 0.15) is 31.7 Å². The molecule has 0 saturated carbocycles. The Labute approximate surface area is 104 Å². The molecule has 1 unspecified atom stereocenters. The first-order valence-electron chi connectivity index (χ1n) is 6.56. The number of aromatic nitrogens is 1. The minimum absolute atomic E-state index is 0.530. The zero-order chi connectivity index (χ0) is 12.3. The van der Waals surface area contributed by atoms with Crippen LogP contribution in [0.2, 0.25) is 0 Å². The zero-order valence-electron chi connectivity index (χ0n) is 10.9. The molecule has 3 heteroatoms.